The summed E-state index contributed by atoms with van der Waals surface area (Å²) in [5, 5.41) is 6.39. The molecular weight excluding hydrogens is 260 g/mol. The number of anilines is 1. The van der Waals surface area contributed by atoms with Gasteiger partial charge in [0, 0.05) is 11.7 Å². The van der Waals surface area contributed by atoms with Gasteiger partial charge in [0.25, 0.3) is 0 Å². The zero-order chi connectivity index (χ0) is 15.5. The van der Waals surface area contributed by atoms with Gasteiger partial charge in [-0.15, -0.1) is 0 Å². The quantitative estimate of drug-likeness (QED) is 0.740. The van der Waals surface area contributed by atoms with Crippen molar-refractivity contribution in [1.82, 2.24) is 5.32 Å². The maximum Gasteiger partial charge on any atom is 0.234 e. The minimum absolute atomic E-state index is 0.0959. The van der Waals surface area contributed by atoms with E-state index in [1.807, 2.05) is 27.0 Å². The Labute approximate surface area is 128 Å². The molecule has 21 heavy (non-hydrogen) atoms. The first-order valence-corrected chi connectivity index (χ1v) is 8.13. The molecule has 0 saturated heterocycles. The lowest BCUT2D eigenvalue weighted by molar-refractivity contribution is -0.119. The zero-order valence-electron chi connectivity index (χ0n) is 13.8. The van der Waals surface area contributed by atoms with E-state index in [0.29, 0.717) is 6.04 Å². The van der Waals surface area contributed by atoms with Gasteiger partial charge in [0.15, 0.2) is 0 Å². The maximum absolute atomic E-state index is 12.0. The standard InChI is InChI=1S/C18H28N2O/c1-5-6-7-8-9-15(19-4)13-10-11-16-14(12-13)18(2,3)17(21)20-16/h10-12,15,19H,5-9H2,1-4H3,(H,20,21). The Balaban J connectivity index is 2.13. The van der Waals surface area contributed by atoms with Crippen molar-refractivity contribution >= 4 is 11.6 Å². The van der Waals surface area contributed by atoms with Crippen LogP contribution in [-0.2, 0) is 10.2 Å². The molecule has 3 heteroatoms. The first-order valence-electron chi connectivity index (χ1n) is 8.13. The summed E-state index contributed by atoms with van der Waals surface area (Å²) in [6, 6.07) is 6.77. The number of fused-ring (bicyclic) bond motifs is 1. The van der Waals surface area contributed by atoms with Crippen molar-refractivity contribution in [3.8, 4) is 0 Å². The van der Waals surface area contributed by atoms with Gasteiger partial charge >= 0.3 is 0 Å². The van der Waals surface area contributed by atoms with E-state index in [4.69, 9.17) is 0 Å². The maximum atomic E-state index is 12.0. The highest BCUT2D eigenvalue weighted by Gasteiger charge is 2.38. The molecule has 0 aromatic heterocycles. The van der Waals surface area contributed by atoms with Gasteiger partial charge in [0.05, 0.1) is 5.41 Å². The molecule has 1 aliphatic heterocycles. The van der Waals surface area contributed by atoms with Crippen molar-refractivity contribution in [2.24, 2.45) is 0 Å². The van der Waals surface area contributed by atoms with Crippen LogP contribution in [0, 0.1) is 0 Å². The highest BCUT2D eigenvalue weighted by atomic mass is 16.2. The molecule has 1 aromatic rings. The number of nitrogens with one attached hydrogen (secondary N) is 2. The van der Waals surface area contributed by atoms with E-state index < -0.39 is 5.41 Å². The first-order chi connectivity index (χ1) is 10.0. The van der Waals surface area contributed by atoms with Crippen LogP contribution in [0.1, 0.15) is 70.0 Å². The number of amides is 1. The van der Waals surface area contributed by atoms with E-state index in [-0.39, 0.29) is 5.91 Å². The normalized spacial score (nSPS) is 17.4. The monoisotopic (exact) mass is 288 g/mol. The molecule has 0 aliphatic carbocycles. The van der Waals surface area contributed by atoms with E-state index in [0.717, 1.165) is 17.7 Å². The third-order valence-corrected chi connectivity index (χ3v) is 4.63. The lowest BCUT2D eigenvalue weighted by Crippen LogP contribution is -2.27. The van der Waals surface area contributed by atoms with Gasteiger partial charge in [-0.3, -0.25) is 4.79 Å². The second kappa shape index (κ2) is 6.61. The fourth-order valence-corrected chi connectivity index (χ4v) is 3.06. The van der Waals surface area contributed by atoms with Crippen LogP contribution in [-0.4, -0.2) is 13.0 Å². The second-order valence-electron chi connectivity index (χ2n) is 6.57. The third kappa shape index (κ3) is 3.29. The average Bonchev–Trinajstić information content (AvgIpc) is 2.69. The number of benzene rings is 1. The summed E-state index contributed by atoms with van der Waals surface area (Å²) in [6.45, 7) is 6.23. The van der Waals surface area contributed by atoms with Gasteiger partial charge in [-0.1, -0.05) is 44.7 Å². The molecule has 0 radical (unpaired) electrons. The van der Waals surface area contributed by atoms with Crippen molar-refractivity contribution in [2.75, 3.05) is 12.4 Å². The minimum atomic E-state index is -0.425. The zero-order valence-corrected chi connectivity index (χ0v) is 13.8. The van der Waals surface area contributed by atoms with E-state index in [9.17, 15) is 4.79 Å². The molecule has 2 rings (SSSR count). The summed E-state index contributed by atoms with van der Waals surface area (Å²) in [6.07, 6.45) is 6.27. The van der Waals surface area contributed by atoms with Crippen LogP contribution in [0.4, 0.5) is 5.69 Å². The summed E-state index contributed by atoms with van der Waals surface area (Å²) in [4.78, 5) is 12.0. The van der Waals surface area contributed by atoms with Crippen LogP contribution in [0.25, 0.3) is 0 Å². The SMILES string of the molecule is CCCCCCC(NC)c1ccc2c(c1)C(C)(C)C(=O)N2. The van der Waals surface area contributed by atoms with Crippen molar-refractivity contribution in [2.45, 2.75) is 64.3 Å². The average molecular weight is 288 g/mol. The van der Waals surface area contributed by atoms with Crippen LogP contribution in [0.15, 0.2) is 18.2 Å². The van der Waals surface area contributed by atoms with Crippen molar-refractivity contribution in [3.63, 3.8) is 0 Å². The molecule has 1 aliphatic rings. The Hall–Kier alpha value is -1.35. The third-order valence-electron chi connectivity index (χ3n) is 4.63. The number of hydrogen-bond acceptors (Lipinski definition) is 2. The van der Waals surface area contributed by atoms with Crippen molar-refractivity contribution < 1.29 is 4.79 Å². The fraction of sp³-hybridized carbons (Fsp3) is 0.611. The number of hydrogen-bond donors (Lipinski definition) is 2. The molecule has 0 saturated carbocycles. The van der Waals surface area contributed by atoms with Gasteiger partial charge in [0.2, 0.25) is 5.91 Å². The molecule has 116 valence electrons. The molecular formula is C18H28N2O. The molecule has 2 N–H and O–H groups in total. The van der Waals surface area contributed by atoms with Crippen LogP contribution < -0.4 is 10.6 Å². The molecule has 1 heterocycles. The van der Waals surface area contributed by atoms with Crippen molar-refractivity contribution in [3.05, 3.63) is 29.3 Å². The summed E-state index contributed by atoms with van der Waals surface area (Å²) in [5.41, 5.74) is 2.96. The van der Waals surface area contributed by atoms with E-state index in [1.54, 1.807) is 0 Å². The predicted octanol–water partition coefficient (Wildman–Crippen LogP) is 4.15. The highest BCUT2D eigenvalue weighted by molar-refractivity contribution is 6.05. The van der Waals surface area contributed by atoms with E-state index in [2.05, 4.69) is 29.7 Å². The van der Waals surface area contributed by atoms with Crippen LogP contribution in [0.3, 0.4) is 0 Å². The lowest BCUT2D eigenvalue weighted by atomic mass is 9.84. The van der Waals surface area contributed by atoms with Gasteiger partial charge < -0.3 is 10.6 Å². The van der Waals surface area contributed by atoms with E-state index >= 15 is 0 Å². The number of carbonyl (C=O) groups excluding carboxylic acids is 1. The van der Waals surface area contributed by atoms with Gasteiger partial charge in [-0.25, -0.2) is 0 Å². The Morgan fingerprint density at radius 2 is 2.00 bits per heavy atom. The minimum Gasteiger partial charge on any atom is -0.325 e. The Bertz CT molecular complexity index is 508. The highest BCUT2D eigenvalue weighted by Crippen LogP contribution is 2.39. The first kappa shape index (κ1) is 16.0. The Kier molecular flexibility index (Phi) is 5.04. The van der Waals surface area contributed by atoms with Gasteiger partial charge in [-0.05, 0) is 44.5 Å². The van der Waals surface area contributed by atoms with Gasteiger partial charge in [0.1, 0.15) is 0 Å². The summed E-state index contributed by atoms with van der Waals surface area (Å²) in [5.74, 6) is 0.0959. The topological polar surface area (TPSA) is 41.1 Å². The molecule has 0 bridgehead atoms. The smallest absolute Gasteiger partial charge is 0.234 e. The molecule has 0 spiro atoms. The molecule has 1 unspecified atom stereocenters. The molecule has 1 amide bonds. The number of carbonyl (C=O) groups is 1. The summed E-state index contributed by atoms with van der Waals surface area (Å²) in [7, 11) is 2.02. The largest absolute Gasteiger partial charge is 0.325 e. The number of unbranched alkanes of at least 4 members (excludes halogenated alkanes) is 3. The summed E-state index contributed by atoms with van der Waals surface area (Å²) >= 11 is 0. The Morgan fingerprint density at radius 1 is 1.24 bits per heavy atom. The summed E-state index contributed by atoms with van der Waals surface area (Å²) < 4.78 is 0. The second-order valence-corrected chi connectivity index (χ2v) is 6.57. The Morgan fingerprint density at radius 3 is 2.67 bits per heavy atom. The van der Waals surface area contributed by atoms with Crippen LogP contribution in [0.2, 0.25) is 0 Å². The van der Waals surface area contributed by atoms with Crippen molar-refractivity contribution in [1.29, 1.82) is 0 Å². The molecule has 0 fully saturated rings. The van der Waals surface area contributed by atoms with Gasteiger partial charge in [-0.2, -0.15) is 0 Å². The lowest BCUT2D eigenvalue weighted by Gasteiger charge is -2.20. The fourth-order valence-electron chi connectivity index (χ4n) is 3.06. The molecule has 1 atom stereocenters. The predicted molar refractivity (Wildman–Crippen MR) is 88.7 cm³/mol. The van der Waals surface area contributed by atoms with Crippen LogP contribution in [0.5, 0.6) is 0 Å². The van der Waals surface area contributed by atoms with Crippen LogP contribution >= 0.6 is 0 Å². The molecule has 1 aromatic carbocycles. The van der Waals surface area contributed by atoms with E-state index in [1.165, 1.54) is 31.2 Å². The molecule has 3 nitrogen and oxygen atoms in total. The number of rotatable bonds is 7.